The number of rotatable bonds is 10. The fourth-order valence-electron chi connectivity index (χ4n) is 3.70. The van der Waals surface area contributed by atoms with E-state index in [9.17, 15) is 9.59 Å². The van der Waals surface area contributed by atoms with Crippen LogP contribution in [0.3, 0.4) is 0 Å². The van der Waals surface area contributed by atoms with Crippen molar-refractivity contribution >= 4 is 35.0 Å². The number of carbonyl (C=O) groups excluding carboxylic acids is 2. The maximum absolute atomic E-state index is 13.2. The van der Waals surface area contributed by atoms with Gasteiger partial charge in [0.25, 0.3) is 0 Å². The average Bonchev–Trinajstić information content (AvgIpc) is 2.94. The second-order valence-electron chi connectivity index (χ2n) is 8.45. The molecule has 0 fully saturated rings. The van der Waals surface area contributed by atoms with Gasteiger partial charge in [0.1, 0.15) is 11.5 Å². The van der Waals surface area contributed by atoms with Gasteiger partial charge in [0.2, 0.25) is 0 Å². The van der Waals surface area contributed by atoms with Gasteiger partial charge in [-0.3, -0.25) is 4.90 Å². The molecule has 0 aliphatic carbocycles. The smallest absolute Gasteiger partial charge is 0.326 e. The number of benzene rings is 4. The molecule has 4 aromatic carbocycles. The summed E-state index contributed by atoms with van der Waals surface area (Å²) in [6.45, 7) is 1.22. The molecular formula is C30H29ClN4O3. The van der Waals surface area contributed by atoms with Crippen LogP contribution in [0.4, 0.5) is 21.0 Å². The number of hydrogen-bond donors (Lipinski definition) is 3. The van der Waals surface area contributed by atoms with E-state index >= 15 is 0 Å². The third-order valence-electron chi connectivity index (χ3n) is 5.59. The lowest BCUT2D eigenvalue weighted by molar-refractivity contribution is 0.240. The van der Waals surface area contributed by atoms with Crippen molar-refractivity contribution in [3.63, 3.8) is 0 Å². The molecule has 0 aliphatic heterocycles. The van der Waals surface area contributed by atoms with Gasteiger partial charge in [-0.25, -0.2) is 9.59 Å². The molecule has 0 unspecified atom stereocenters. The number of ether oxygens (including phenoxy) is 1. The number of amides is 4. The number of para-hydroxylation sites is 1. The number of hydrogen-bond acceptors (Lipinski definition) is 3. The Morgan fingerprint density at radius 3 is 2.16 bits per heavy atom. The second-order valence-corrected chi connectivity index (χ2v) is 8.89. The van der Waals surface area contributed by atoms with Gasteiger partial charge >= 0.3 is 12.1 Å². The zero-order chi connectivity index (χ0) is 26.6. The van der Waals surface area contributed by atoms with Gasteiger partial charge in [-0.2, -0.15) is 0 Å². The molecule has 194 valence electrons. The van der Waals surface area contributed by atoms with Crippen LogP contribution in [-0.2, 0) is 6.54 Å². The Morgan fingerprint density at radius 1 is 0.763 bits per heavy atom. The monoisotopic (exact) mass is 528 g/mol. The van der Waals surface area contributed by atoms with E-state index in [2.05, 4.69) is 16.0 Å². The summed E-state index contributed by atoms with van der Waals surface area (Å²) in [5.41, 5.74) is 2.31. The highest BCUT2D eigenvalue weighted by molar-refractivity contribution is 6.30. The predicted molar refractivity (Wildman–Crippen MR) is 152 cm³/mol. The maximum atomic E-state index is 13.2. The normalized spacial score (nSPS) is 10.3. The summed E-state index contributed by atoms with van der Waals surface area (Å²) in [6.07, 6.45) is 0.546. The molecule has 0 heterocycles. The van der Waals surface area contributed by atoms with E-state index in [1.54, 1.807) is 29.2 Å². The van der Waals surface area contributed by atoms with Gasteiger partial charge in [-0.1, -0.05) is 66.2 Å². The van der Waals surface area contributed by atoms with Gasteiger partial charge in [-0.15, -0.1) is 0 Å². The van der Waals surface area contributed by atoms with Crippen molar-refractivity contribution in [2.24, 2.45) is 0 Å². The fourth-order valence-corrected chi connectivity index (χ4v) is 3.89. The lowest BCUT2D eigenvalue weighted by Crippen LogP contribution is -2.39. The van der Waals surface area contributed by atoms with Crippen molar-refractivity contribution < 1.29 is 14.3 Å². The lowest BCUT2D eigenvalue weighted by Gasteiger charge is -2.24. The number of urea groups is 2. The molecule has 0 aliphatic rings. The third-order valence-corrected chi connectivity index (χ3v) is 5.82. The fraction of sp³-hybridized carbons (Fsp3) is 0.133. The first-order valence-corrected chi connectivity index (χ1v) is 12.7. The summed E-state index contributed by atoms with van der Waals surface area (Å²) in [5.74, 6) is 1.39. The maximum Gasteiger partial charge on any atom is 0.326 e. The Bertz CT molecular complexity index is 1320. The Balaban J connectivity index is 1.36. The zero-order valence-electron chi connectivity index (χ0n) is 20.8. The van der Waals surface area contributed by atoms with Crippen LogP contribution in [0.1, 0.15) is 12.0 Å². The molecule has 7 nitrogen and oxygen atoms in total. The Morgan fingerprint density at radius 2 is 1.45 bits per heavy atom. The average molecular weight is 529 g/mol. The number of anilines is 2. The zero-order valence-corrected chi connectivity index (χ0v) is 21.5. The Kier molecular flexibility index (Phi) is 9.59. The van der Waals surface area contributed by atoms with Gasteiger partial charge in [-0.05, 0) is 66.6 Å². The molecule has 38 heavy (non-hydrogen) atoms. The van der Waals surface area contributed by atoms with Gasteiger partial charge < -0.3 is 20.7 Å². The molecule has 0 saturated heterocycles. The van der Waals surface area contributed by atoms with Crippen molar-refractivity contribution in [1.29, 1.82) is 0 Å². The van der Waals surface area contributed by atoms with Crippen LogP contribution in [0.15, 0.2) is 109 Å². The van der Waals surface area contributed by atoms with Crippen molar-refractivity contribution in [1.82, 2.24) is 10.6 Å². The Labute approximate surface area is 227 Å². The van der Waals surface area contributed by atoms with E-state index in [-0.39, 0.29) is 12.1 Å². The van der Waals surface area contributed by atoms with Crippen molar-refractivity contribution in [3.05, 3.63) is 120 Å². The SMILES string of the molecule is O=C(NCCCN(C(=O)Nc1cccc(Cl)c1)c1ccc(Oc2ccccc2)cc1)NCc1ccccc1. The van der Waals surface area contributed by atoms with Crippen LogP contribution >= 0.6 is 11.6 Å². The minimum atomic E-state index is -0.308. The van der Waals surface area contributed by atoms with Gasteiger partial charge in [0, 0.05) is 36.0 Å². The van der Waals surface area contributed by atoms with Crippen LogP contribution in [-0.4, -0.2) is 25.2 Å². The summed E-state index contributed by atoms with van der Waals surface area (Å²) >= 11 is 6.08. The second kappa shape index (κ2) is 13.7. The van der Waals surface area contributed by atoms with Crippen LogP contribution in [0.25, 0.3) is 0 Å². The summed E-state index contributed by atoms with van der Waals surface area (Å²) in [4.78, 5) is 27.0. The molecule has 4 rings (SSSR count). The number of carbonyl (C=O) groups is 2. The van der Waals surface area contributed by atoms with E-state index in [4.69, 9.17) is 16.3 Å². The van der Waals surface area contributed by atoms with E-state index in [0.29, 0.717) is 48.2 Å². The molecule has 0 bridgehead atoms. The quantitative estimate of drug-likeness (QED) is 0.193. The van der Waals surface area contributed by atoms with Crippen LogP contribution in [0.2, 0.25) is 5.02 Å². The molecule has 4 aromatic rings. The lowest BCUT2D eigenvalue weighted by atomic mass is 10.2. The largest absolute Gasteiger partial charge is 0.457 e. The topological polar surface area (TPSA) is 82.7 Å². The molecule has 0 radical (unpaired) electrons. The molecule has 0 spiro atoms. The van der Waals surface area contributed by atoms with E-state index in [1.807, 2.05) is 84.9 Å². The van der Waals surface area contributed by atoms with E-state index in [1.165, 1.54) is 0 Å². The minimum absolute atomic E-state index is 0.258. The van der Waals surface area contributed by atoms with Crippen LogP contribution < -0.4 is 25.6 Å². The number of nitrogens with one attached hydrogen (secondary N) is 3. The highest BCUT2D eigenvalue weighted by atomic mass is 35.5. The van der Waals surface area contributed by atoms with Gasteiger partial charge in [0.15, 0.2) is 0 Å². The third kappa shape index (κ3) is 8.28. The Hall–Kier alpha value is -4.49. The van der Waals surface area contributed by atoms with E-state index in [0.717, 1.165) is 11.3 Å². The highest BCUT2D eigenvalue weighted by Crippen LogP contribution is 2.25. The molecule has 0 aromatic heterocycles. The summed E-state index contributed by atoms with van der Waals surface area (Å²) in [7, 11) is 0. The van der Waals surface area contributed by atoms with Crippen molar-refractivity contribution in [3.8, 4) is 11.5 Å². The predicted octanol–water partition coefficient (Wildman–Crippen LogP) is 7.06. The number of halogens is 1. The summed E-state index contributed by atoms with van der Waals surface area (Å²) in [5, 5.41) is 9.11. The van der Waals surface area contributed by atoms with Crippen LogP contribution in [0.5, 0.6) is 11.5 Å². The van der Waals surface area contributed by atoms with Crippen molar-refractivity contribution in [2.45, 2.75) is 13.0 Å². The standard InChI is InChI=1S/C30H29ClN4O3/c31-24-11-7-12-25(21-24)34-30(37)35(20-8-19-32-29(36)33-22-23-9-3-1-4-10-23)26-15-17-28(18-16-26)38-27-13-5-2-6-14-27/h1-7,9-18,21H,8,19-20,22H2,(H,34,37)(H2,32,33,36). The van der Waals surface area contributed by atoms with Gasteiger partial charge in [0.05, 0.1) is 0 Å². The first-order valence-electron chi connectivity index (χ1n) is 12.3. The highest BCUT2D eigenvalue weighted by Gasteiger charge is 2.16. The molecule has 0 atom stereocenters. The number of nitrogens with zero attached hydrogens (tertiary/aromatic N) is 1. The molecule has 8 heteroatoms. The molecular weight excluding hydrogens is 500 g/mol. The molecule has 0 saturated carbocycles. The first-order chi connectivity index (χ1) is 18.6. The molecule has 4 amide bonds. The van der Waals surface area contributed by atoms with Crippen LogP contribution in [0, 0.1) is 0 Å². The summed E-state index contributed by atoms with van der Waals surface area (Å²) in [6, 6.07) is 32.9. The minimum Gasteiger partial charge on any atom is -0.457 e. The van der Waals surface area contributed by atoms with Crippen molar-refractivity contribution in [2.75, 3.05) is 23.3 Å². The molecule has 3 N–H and O–H groups in total. The summed E-state index contributed by atoms with van der Waals surface area (Å²) < 4.78 is 5.87. The van der Waals surface area contributed by atoms with E-state index < -0.39 is 0 Å². The first kappa shape index (κ1) is 26.6.